The molecule has 8 nitrogen and oxygen atoms in total. The molecule has 0 spiro atoms. The molecule has 0 aromatic rings. The Hall–Kier alpha value is -1.96. The van der Waals surface area contributed by atoms with Crippen molar-refractivity contribution in [2.24, 2.45) is 11.8 Å². The molecule has 0 aliphatic rings. The molecule has 0 aromatic carbocycles. The maximum absolute atomic E-state index is 12.6. The third-order valence-corrected chi connectivity index (χ3v) is 6.63. The number of carbonyl (C=O) groups is 4. The number of carbonyl (C=O) groups excluding carboxylic acids is 2. The summed E-state index contributed by atoms with van der Waals surface area (Å²) in [4.78, 5) is 47.5. The number of hydrogen-bond acceptors (Lipinski definition) is 6. The van der Waals surface area contributed by atoms with Gasteiger partial charge in [-0.25, -0.2) is 4.79 Å². The molecule has 2 unspecified atom stereocenters. The lowest BCUT2D eigenvalue weighted by atomic mass is 9.81. The van der Waals surface area contributed by atoms with E-state index in [0.29, 0.717) is 19.3 Å². The molecule has 0 fully saturated rings. The number of hydrogen-bond donors (Lipinski definition) is 3. The average molecular weight is 515 g/mol. The molecule has 0 rings (SSSR count). The lowest BCUT2D eigenvalue weighted by Gasteiger charge is -2.29. The van der Waals surface area contributed by atoms with E-state index in [1.54, 1.807) is 0 Å². The van der Waals surface area contributed by atoms with E-state index in [1.807, 2.05) is 6.92 Å². The Morgan fingerprint density at radius 3 is 1.61 bits per heavy atom. The molecule has 0 amide bonds. The van der Waals surface area contributed by atoms with Crippen molar-refractivity contribution < 1.29 is 39.2 Å². The Labute approximate surface area is 217 Å². The van der Waals surface area contributed by atoms with Crippen LogP contribution in [0.4, 0.5) is 0 Å². The van der Waals surface area contributed by atoms with Crippen LogP contribution in [0.2, 0.25) is 0 Å². The molecule has 2 atom stereocenters. The van der Waals surface area contributed by atoms with Crippen LogP contribution in [-0.4, -0.2) is 44.8 Å². The summed E-state index contributed by atoms with van der Waals surface area (Å²) in [5, 5.41) is 29.3. The van der Waals surface area contributed by atoms with Gasteiger partial charge in [-0.3, -0.25) is 14.4 Å². The normalized spacial score (nSPS) is 13.8. The van der Waals surface area contributed by atoms with E-state index in [4.69, 9.17) is 9.84 Å². The largest absolute Gasteiger partial charge is 0.481 e. The van der Waals surface area contributed by atoms with Gasteiger partial charge in [-0.15, -0.1) is 0 Å². The van der Waals surface area contributed by atoms with Crippen LogP contribution in [0.25, 0.3) is 0 Å². The van der Waals surface area contributed by atoms with E-state index in [-0.39, 0.29) is 12.8 Å². The molecule has 0 saturated heterocycles. The quantitative estimate of drug-likeness (QED) is 0.0823. The van der Waals surface area contributed by atoms with E-state index in [9.17, 15) is 29.4 Å². The van der Waals surface area contributed by atoms with E-state index >= 15 is 0 Å². The fourth-order valence-corrected chi connectivity index (χ4v) is 4.38. The Bertz CT molecular complexity index is 645. The molecule has 3 N–H and O–H groups in total. The average Bonchev–Trinajstić information content (AvgIpc) is 2.78. The molecule has 0 aromatic heterocycles. The van der Waals surface area contributed by atoms with Crippen molar-refractivity contribution in [3.63, 3.8) is 0 Å². The SMILES string of the molecule is CCCCCC(=O)OC(=O)C(CCCCCCCCCCCCCC(C)C)C(O)(CC(=O)O)C(=O)O. The Balaban J connectivity index is 4.54. The predicted octanol–water partition coefficient (Wildman–Crippen LogP) is 6.27. The van der Waals surface area contributed by atoms with E-state index in [2.05, 4.69) is 13.8 Å². The van der Waals surface area contributed by atoms with Crippen molar-refractivity contribution in [3.05, 3.63) is 0 Å². The highest BCUT2D eigenvalue weighted by molar-refractivity contribution is 5.93. The van der Waals surface area contributed by atoms with Crippen molar-refractivity contribution in [1.82, 2.24) is 0 Å². The Kier molecular flexibility index (Phi) is 19.0. The fraction of sp³-hybridized carbons (Fsp3) is 0.857. The molecule has 0 bridgehead atoms. The summed E-state index contributed by atoms with van der Waals surface area (Å²) in [6.07, 6.45) is 14.0. The number of ether oxygens (including phenoxy) is 1. The van der Waals surface area contributed by atoms with Gasteiger partial charge in [-0.2, -0.15) is 0 Å². The first-order valence-corrected chi connectivity index (χ1v) is 14.0. The number of unbranched alkanes of at least 4 members (excludes halogenated alkanes) is 12. The van der Waals surface area contributed by atoms with Gasteiger partial charge >= 0.3 is 23.9 Å². The van der Waals surface area contributed by atoms with Crippen molar-refractivity contribution in [2.45, 2.75) is 142 Å². The first-order valence-electron chi connectivity index (χ1n) is 14.0. The number of esters is 2. The maximum Gasteiger partial charge on any atom is 0.337 e. The van der Waals surface area contributed by atoms with Crippen LogP contribution < -0.4 is 0 Å². The molecular formula is C28H50O8. The van der Waals surface area contributed by atoms with Gasteiger partial charge in [0.15, 0.2) is 5.60 Å². The second-order valence-electron chi connectivity index (χ2n) is 10.5. The minimum absolute atomic E-state index is 0.00861. The molecule has 0 saturated carbocycles. The van der Waals surface area contributed by atoms with E-state index < -0.39 is 41.8 Å². The lowest BCUT2D eigenvalue weighted by Crippen LogP contribution is -2.51. The van der Waals surface area contributed by atoms with Gasteiger partial charge in [-0.05, 0) is 18.8 Å². The van der Waals surface area contributed by atoms with E-state index in [0.717, 1.165) is 38.0 Å². The third kappa shape index (κ3) is 15.9. The highest BCUT2D eigenvalue weighted by atomic mass is 16.6. The molecule has 210 valence electrons. The number of aliphatic carboxylic acids is 2. The highest BCUT2D eigenvalue weighted by Gasteiger charge is 2.50. The number of rotatable bonds is 23. The summed E-state index contributed by atoms with van der Waals surface area (Å²) in [6, 6.07) is 0. The third-order valence-electron chi connectivity index (χ3n) is 6.63. The monoisotopic (exact) mass is 514 g/mol. The lowest BCUT2D eigenvalue weighted by molar-refractivity contribution is -0.184. The van der Waals surface area contributed by atoms with Crippen LogP contribution >= 0.6 is 0 Å². The summed E-state index contributed by atoms with van der Waals surface area (Å²) in [5.74, 6) is -6.17. The number of aliphatic hydroxyl groups is 1. The first kappa shape index (κ1) is 34.0. The zero-order valence-electron chi connectivity index (χ0n) is 22.8. The van der Waals surface area contributed by atoms with Crippen LogP contribution in [0.1, 0.15) is 136 Å². The highest BCUT2D eigenvalue weighted by Crippen LogP contribution is 2.29. The number of carboxylic acid groups (broad SMARTS) is 2. The van der Waals surface area contributed by atoms with Crippen molar-refractivity contribution >= 4 is 23.9 Å². The topological polar surface area (TPSA) is 138 Å². The van der Waals surface area contributed by atoms with Crippen LogP contribution in [-0.2, 0) is 23.9 Å². The van der Waals surface area contributed by atoms with Gasteiger partial charge < -0.3 is 20.1 Å². The van der Waals surface area contributed by atoms with Gasteiger partial charge in [0.05, 0.1) is 12.3 Å². The van der Waals surface area contributed by atoms with Crippen LogP contribution in [0.3, 0.4) is 0 Å². The van der Waals surface area contributed by atoms with Gasteiger partial charge in [0.1, 0.15) is 0 Å². The molecular weight excluding hydrogens is 464 g/mol. The zero-order chi connectivity index (χ0) is 27.4. The molecule has 0 aliphatic carbocycles. The Morgan fingerprint density at radius 1 is 0.722 bits per heavy atom. The summed E-state index contributed by atoms with van der Waals surface area (Å²) >= 11 is 0. The predicted molar refractivity (Wildman–Crippen MR) is 138 cm³/mol. The van der Waals surface area contributed by atoms with Crippen molar-refractivity contribution in [2.75, 3.05) is 0 Å². The van der Waals surface area contributed by atoms with Crippen LogP contribution in [0.15, 0.2) is 0 Å². The molecule has 0 radical (unpaired) electrons. The minimum atomic E-state index is -2.83. The van der Waals surface area contributed by atoms with E-state index in [1.165, 1.54) is 44.9 Å². The molecule has 8 heteroatoms. The van der Waals surface area contributed by atoms with Crippen molar-refractivity contribution in [1.29, 1.82) is 0 Å². The first-order chi connectivity index (χ1) is 17.0. The molecule has 0 aliphatic heterocycles. The second-order valence-corrected chi connectivity index (χ2v) is 10.5. The minimum Gasteiger partial charge on any atom is -0.481 e. The fourth-order valence-electron chi connectivity index (χ4n) is 4.38. The summed E-state index contributed by atoms with van der Waals surface area (Å²) in [5.41, 5.74) is -2.83. The zero-order valence-corrected chi connectivity index (χ0v) is 22.8. The van der Waals surface area contributed by atoms with Crippen molar-refractivity contribution in [3.8, 4) is 0 Å². The second kappa shape index (κ2) is 20.1. The standard InChI is InChI=1S/C28H50O8/c1-4-5-15-20-25(31)36-26(32)23(28(35,27(33)34)21-24(29)30)19-17-14-12-10-8-6-7-9-11-13-16-18-22(2)3/h22-23,35H,4-21H2,1-3H3,(H,29,30)(H,33,34). The Morgan fingerprint density at radius 2 is 1.19 bits per heavy atom. The maximum atomic E-state index is 12.6. The van der Waals surface area contributed by atoms with Crippen LogP contribution in [0, 0.1) is 11.8 Å². The van der Waals surface area contributed by atoms with Gasteiger partial charge in [-0.1, -0.05) is 111 Å². The van der Waals surface area contributed by atoms with Gasteiger partial charge in [0, 0.05) is 6.42 Å². The molecule has 36 heavy (non-hydrogen) atoms. The summed E-state index contributed by atoms with van der Waals surface area (Å²) in [6.45, 7) is 6.47. The summed E-state index contributed by atoms with van der Waals surface area (Å²) < 4.78 is 4.81. The smallest absolute Gasteiger partial charge is 0.337 e. The number of carboxylic acids is 2. The molecule has 0 heterocycles. The van der Waals surface area contributed by atoms with Gasteiger partial charge in [0.25, 0.3) is 0 Å². The van der Waals surface area contributed by atoms with Crippen LogP contribution in [0.5, 0.6) is 0 Å². The summed E-state index contributed by atoms with van der Waals surface area (Å²) in [7, 11) is 0. The van der Waals surface area contributed by atoms with Gasteiger partial charge in [0.2, 0.25) is 0 Å².